The quantitative estimate of drug-likeness (QED) is 0.220. The number of rotatable bonds is 5. The first kappa shape index (κ1) is 26.0. The van der Waals surface area contributed by atoms with Crippen LogP contribution in [-0.2, 0) is 11.2 Å². The highest BCUT2D eigenvalue weighted by Gasteiger charge is 2.37. The van der Waals surface area contributed by atoms with E-state index in [0.29, 0.717) is 16.9 Å². The second-order valence-corrected chi connectivity index (χ2v) is 10.2. The molecule has 4 rings (SSSR count). The van der Waals surface area contributed by atoms with Crippen LogP contribution in [0.5, 0.6) is 34.5 Å². The van der Waals surface area contributed by atoms with Gasteiger partial charge < -0.3 is 35.0 Å². The van der Waals surface area contributed by atoms with E-state index in [2.05, 4.69) is 0 Å². The Morgan fingerprint density at radius 1 is 0.865 bits per heavy atom. The van der Waals surface area contributed by atoms with Crippen LogP contribution in [-0.4, -0.2) is 37.6 Å². The van der Waals surface area contributed by atoms with Crippen LogP contribution in [0.15, 0.2) is 36.4 Å². The van der Waals surface area contributed by atoms with E-state index in [9.17, 15) is 30.3 Å². The van der Waals surface area contributed by atoms with Gasteiger partial charge in [0.2, 0.25) is 0 Å². The lowest BCUT2D eigenvalue weighted by atomic mass is 9.85. The summed E-state index contributed by atoms with van der Waals surface area (Å²) in [7, 11) is 0. The van der Waals surface area contributed by atoms with Gasteiger partial charge in [-0.1, -0.05) is 33.8 Å². The van der Waals surface area contributed by atoms with Crippen LogP contribution in [0.4, 0.5) is 0 Å². The van der Waals surface area contributed by atoms with Gasteiger partial charge in [0, 0.05) is 17.5 Å². The Bertz CT molecular complexity index is 1340. The Labute approximate surface area is 215 Å². The van der Waals surface area contributed by atoms with Crippen LogP contribution in [0.2, 0.25) is 0 Å². The number of esters is 1. The number of fused-ring (bicyclic) bond motifs is 1. The number of hydrogen-bond donors (Lipinski definition) is 5. The fraction of sp³-hybridized carbons (Fsp3) is 0.345. The second kappa shape index (κ2) is 9.76. The van der Waals surface area contributed by atoms with Gasteiger partial charge in [0.05, 0.1) is 5.56 Å². The summed E-state index contributed by atoms with van der Waals surface area (Å²) < 4.78 is 12.1. The first-order valence-electron chi connectivity index (χ1n) is 12.2. The van der Waals surface area contributed by atoms with Crippen molar-refractivity contribution in [1.29, 1.82) is 0 Å². The molecule has 0 bridgehead atoms. The van der Waals surface area contributed by atoms with Gasteiger partial charge in [0.15, 0.2) is 23.4 Å². The predicted molar refractivity (Wildman–Crippen MR) is 137 cm³/mol. The molecule has 0 aliphatic carbocycles. The molecule has 0 spiro atoms. The molecule has 0 saturated heterocycles. The molecule has 1 heterocycles. The van der Waals surface area contributed by atoms with Gasteiger partial charge in [-0.05, 0) is 65.8 Å². The van der Waals surface area contributed by atoms with Gasteiger partial charge in [0.1, 0.15) is 23.4 Å². The molecule has 196 valence electrons. The van der Waals surface area contributed by atoms with Crippen molar-refractivity contribution < 1.29 is 39.8 Å². The van der Waals surface area contributed by atoms with E-state index in [1.54, 1.807) is 18.2 Å². The van der Waals surface area contributed by atoms with Crippen LogP contribution >= 0.6 is 0 Å². The minimum atomic E-state index is -0.920. The van der Waals surface area contributed by atoms with Crippen molar-refractivity contribution in [3.63, 3.8) is 0 Å². The van der Waals surface area contributed by atoms with Crippen molar-refractivity contribution in [1.82, 2.24) is 0 Å². The molecule has 37 heavy (non-hydrogen) atoms. The minimum absolute atomic E-state index is 0.00953. The fourth-order valence-corrected chi connectivity index (χ4v) is 4.86. The molecule has 5 N–H and O–H groups in total. The van der Waals surface area contributed by atoms with E-state index in [1.807, 2.05) is 40.7 Å². The van der Waals surface area contributed by atoms with Crippen molar-refractivity contribution >= 4 is 5.97 Å². The van der Waals surface area contributed by atoms with Gasteiger partial charge in [-0.15, -0.1) is 0 Å². The summed E-state index contributed by atoms with van der Waals surface area (Å²) in [6.45, 7) is 9.90. The van der Waals surface area contributed by atoms with Crippen molar-refractivity contribution in [3.8, 4) is 34.5 Å². The molecule has 3 aromatic carbocycles. The van der Waals surface area contributed by atoms with E-state index in [1.165, 1.54) is 0 Å². The molecule has 2 atom stereocenters. The highest BCUT2D eigenvalue weighted by Crippen LogP contribution is 2.44. The molecular weight excluding hydrogens is 476 g/mol. The largest absolute Gasteiger partial charge is 0.508 e. The lowest BCUT2D eigenvalue weighted by Gasteiger charge is -2.35. The Morgan fingerprint density at radius 2 is 1.51 bits per heavy atom. The van der Waals surface area contributed by atoms with Crippen molar-refractivity contribution in [2.24, 2.45) is 0 Å². The number of phenols is 5. The topological polar surface area (TPSA) is 137 Å². The molecule has 0 radical (unpaired) electrons. The summed E-state index contributed by atoms with van der Waals surface area (Å²) >= 11 is 0. The Balaban J connectivity index is 1.80. The monoisotopic (exact) mass is 508 g/mol. The molecule has 1 aliphatic rings. The van der Waals surface area contributed by atoms with Crippen molar-refractivity contribution in [3.05, 3.63) is 69.8 Å². The summed E-state index contributed by atoms with van der Waals surface area (Å²) in [6, 6.07) is 8.94. The molecule has 0 aromatic heterocycles. The number of benzene rings is 3. The second-order valence-electron chi connectivity index (χ2n) is 10.2. The highest BCUT2D eigenvalue weighted by molar-refractivity contribution is 5.91. The van der Waals surface area contributed by atoms with E-state index in [0.717, 1.165) is 28.8 Å². The number of phenolic OH excluding ortho intramolecular Hbond substituents is 5. The fourth-order valence-electron chi connectivity index (χ4n) is 4.86. The average molecular weight is 509 g/mol. The molecule has 3 aromatic rings. The number of ether oxygens (including phenoxy) is 2. The van der Waals surface area contributed by atoms with Gasteiger partial charge >= 0.3 is 5.97 Å². The normalized spacial score (nSPS) is 16.9. The van der Waals surface area contributed by atoms with Crippen LogP contribution in [0.1, 0.15) is 83.8 Å². The first-order chi connectivity index (χ1) is 17.4. The van der Waals surface area contributed by atoms with Crippen molar-refractivity contribution in [2.45, 2.75) is 65.1 Å². The maximum atomic E-state index is 13.0. The van der Waals surface area contributed by atoms with E-state index < -0.39 is 35.4 Å². The Morgan fingerprint density at radius 3 is 2.11 bits per heavy atom. The number of aromatic hydroxyl groups is 5. The zero-order valence-electron chi connectivity index (χ0n) is 21.4. The molecule has 1 aliphatic heterocycles. The molecule has 0 saturated carbocycles. The van der Waals surface area contributed by atoms with Gasteiger partial charge in [-0.2, -0.15) is 0 Å². The summed E-state index contributed by atoms with van der Waals surface area (Å²) in [4.78, 5) is 13.0. The van der Waals surface area contributed by atoms with Crippen LogP contribution in [0.25, 0.3) is 0 Å². The van der Waals surface area contributed by atoms with Crippen LogP contribution < -0.4 is 4.74 Å². The molecule has 0 fully saturated rings. The summed E-state index contributed by atoms with van der Waals surface area (Å²) in [6.07, 6.45) is -1.62. The molecule has 8 heteroatoms. The third-order valence-electron chi connectivity index (χ3n) is 6.63. The maximum absolute atomic E-state index is 13.0. The van der Waals surface area contributed by atoms with Gasteiger partial charge in [0.25, 0.3) is 0 Å². The van der Waals surface area contributed by atoms with Crippen LogP contribution in [0, 0.1) is 6.92 Å². The number of carbonyl (C=O) groups excluding carboxylic acids is 1. The Hall–Kier alpha value is -4.07. The summed E-state index contributed by atoms with van der Waals surface area (Å²) in [5.74, 6) is -2.18. The molecular formula is C29H32O8. The van der Waals surface area contributed by atoms with E-state index in [-0.39, 0.29) is 35.3 Å². The lowest BCUT2D eigenvalue weighted by Crippen LogP contribution is -2.35. The standard InChI is InChI=1S/C29H32O8/c1-13(2)18-8-16(9-21(31)26(18)14(3)4)28-25(12-19-20(30)6-15(5)7-24(19)36-28)37-29(35)17-10-22(32)27(34)23(33)11-17/h6-11,13-14,25,28,30-34H,12H2,1-5H3. The zero-order valence-corrected chi connectivity index (χ0v) is 21.4. The van der Waals surface area contributed by atoms with E-state index >= 15 is 0 Å². The van der Waals surface area contributed by atoms with Gasteiger partial charge in [-0.25, -0.2) is 4.79 Å². The minimum Gasteiger partial charge on any atom is -0.508 e. The van der Waals surface area contributed by atoms with Gasteiger partial charge in [-0.3, -0.25) is 0 Å². The van der Waals surface area contributed by atoms with Crippen LogP contribution in [0.3, 0.4) is 0 Å². The summed E-state index contributed by atoms with van der Waals surface area (Å²) in [5.41, 5.74) is 3.49. The van der Waals surface area contributed by atoms with E-state index in [4.69, 9.17) is 9.47 Å². The lowest BCUT2D eigenvalue weighted by molar-refractivity contribution is -0.0188. The average Bonchev–Trinajstić information content (AvgIpc) is 2.81. The number of hydrogen-bond acceptors (Lipinski definition) is 8. The number of aryl methyl sites for hydroxylation is 1. The molecule has 0 amide bonds. The smallest absolute Gasteiger partial charge is 0.338 e. The molecule has 8 nitrogen and oxygen atoms in total. The SMILES string of the molecule is Cc1cc(O)c2c(c1)OC(c1cc(O)c(C(C)C)c(C(C)C)c1)C(OC(=O)c1cc(O)c(O)c(O)c1)C2. The number of carbonyl (C=O) groups is 1. The zero-order chi connectivity index (χ0) is 27.2. The third kappa shape index (κ3) is 4.96. The Kier molecular flexibility index (Phi) is 6.86. The summed E-state index contributed by atoms with van der Waals surface area (Å²) in [5, 5.41) is 50.8. The van der Waals surface area contributed by atoms with Crippen molar-refractivity contribution in [2.75, 3.05) is 0 Å². The third-order valence-corrected chi connectivity index (χ3v) is 6.63. The maximum Gasteiger partial charge on any atom is 0.338 e. The highest BCUT2D eigenvalue weighted by atomic mass is 16.6. The predicted octanol–water partition coefficient (Wildman–Crippen LogP) is 5.67. The molecule has 2 unspecified atom stereocenters. The first-order valence-corrected chi connectivity index (χ1v) is 12.2.